The molecule has 2 aliphatic rings. The van der Waals surface area contributed by atoms with Crippen molar-refractivity contribution in [3.63, 3.8) is 0 Å². The Morgan fingerprint density at radius 2 is 1.95 bits per heavy atom. The number of rotatable bonds is 10. The van der Waals surface area contributed by atoms with Gasteiger partial charge in [-0.1, -0.05) is 32.9 Å². The number of amides is 2. The fourth-order valence-corrected chi connectivity index (χ4v) is 5.66. The molecule has 3 unspecified atom stereocenters. The summed E-state index contributed by atoms with van der Waals surface area (Å²) < 4.78 is 20.9. The lowest BCUT2D eigenvalue weighted by Crippen LogP contribution is -2.47. The zero-order valence-electron chi connectivity index (χ0n) is 25.0. The van der Waals surface area contributed by atoms with Gasteiger partial charge >= 0.3 is 6.03 Å². The molecule has 2 saturated heterocycles. The molecule has 0 radical (unpaired) electrons. The van der Waals surface area contributed by atoms with E-state index in [1.165, 1.54) is 11.9 Å². The van der Waals surface area contributed by atoms with Crippen LogP contribution in [0.5, 0.6) is 0 Å². The Morgan fingerprint density at radius 1 is 1.19 bits per heavy atom. The first-order valence-electron chi connectivity index (χ1n) is 14.3. The minimum absolute atomic E-state index is 0.00773. The highest BCUT2D eigenvalue weighted by molar-refractivity contribution is 5.89. The van der Waals surface area contributed by atoms with Crippen molar-refractivity contribution in [3.8, 4) is 0 Å². The van der Waals surface area contributed by atoms with Crippen LogP contribution in [0.25, 0.3) is 11.2 Å². The maximum Gasteiger partial charge on any atom is 0.319 e. The molecular weight excluding hydrogens is 540 g/mol. The fourth-order valence-electron chi connectivity index (χ4n) is 5.66. The van der Waals surface area contributed by atoms with E-state index < -0.39 is 17.6 Å². The Morgan fingerprint density at radius 3 is 2.67 bits per heavy atom. The summed E-state index contributed by atoms with van der Waals surface area (Å²) in [5.41, 5.74) is 8.07. The van der Waals surface area contributed by atoms with Gasteiger partial charge in [-0.3, -0.25) is 9.47 Å². The van der Waals surface area contributed by atoms with Crippen molar-refractivity contribution in [3.05, 3.63) is 42.5 Å². The summed E-state index contributed by atoms with van der Waals surface area (Å²) in [6.45, 7) is 12.5. The highest BCUT2D eigenvalue weighted by atomic mass is 16.8. The highest BCUT2D eigenvalue weighted by Gasteiger charge is 2.63. The molecule has 5 N–H and O–H groups in total. The number of hydrogen-bond acceptors (Lipinski definition) is 10. The van der Waals surface area contributed by atoms with E-state index in [0.717, 1.165) is 5.69 Å². The first-order chi connectivity index (χ1) is 19.9. The van der Waals surface area contributed by atoms with Crippen LogP contribution in [-0.4, -0.2) is 92.9 Å². The van der Waals surface area contributed by atoms with Crippen molar-refractivity contribution in [2.45, 2.75) is 70.2 Å². The molecule has 0 spiro atoms. The monoisotopic (exact) mass is 582 g/mol. The van der Waals surface area contributed by atoms with Gasteiger partial charge in [0.2, 0.25) is 5.72 Å². The van der Waals surface area contributed by atoms with Gasteiger partial charge in [0.1, 0.15) is 24.1 Å². The summed E-state index contributed by atoms with van der Waals surface area (Å²) in [6, 6.07) is 7.62. The number of benzene rings is 1. The number of anilines is 2. The lowest BCUT2D eigenvalue weighted by Gasteiger charge is -2.29. The number of nitrogen functional groups attached to an aromatic ring is 1. The number of aliphatic hydroxyl groups is 1. The van der Waals surface area contributed by atoms with Crippen LogP contribution in [-0.2, 0) is 25.4 Å². The number of aliphatic hydroxyl groups excluding tert-OH is 1. The van der Waals surface area contributed by atoms with Crippen LogP contribution in [0, 0.1) is 0 Å². The number of imidazole rings is 1. The number of nitrogens with one attached hydrogen (secondary N) is 2. The SMILES string of the molecule is CC1(C)OC2C(CN(CCO)CCCNC(=O)Nc3ccc(C(C)(C)C)cc3)OCC2(n2cnc3c(N)ncnc32)O1. The molecule has 3 atom stereocenters. The lowest BCUT2D eigenvalue weighted by atomic mass is 9.87. The van der Waals surface area contributed by atoms with Crippen molar-refractivity contribution in [1.82, 2.24) is 29.7 Å². The molecule has 13 nitrogen and oxygen atoms in total. The molecule has 2 amide bonds. The second kappa shape index (κ2) is 11.7. The number of carbonyl (C=O) groups excluding carboxylic acids is 1. The van der Waals surface area contributed by atoms with E-state index in [4.69, 9.17) is 19.9 Å². The van der Waals surface area contributed by atoms with Crippen LogP contribution in [0.3, 0.4) is 0 Å². The average molecular weight is 583 g/mol. The smallest absolute Gasteiger partial charge is 0.319 e. The summed E-state index contributed by atoms with van der Waals surface area (Å²) in [5.74, 6) is -0.580. The third-order valence-corrected chi connectivity index (χ3v) is 7.69. The van der Waals surface area contributed by atoms with Crippen LogP contribution in [0.4, 0.5) is 16.3 Å². The topological polar surface area (TPSA) is 162 Å². The largest absolute Gasteiger partial charge is 0.395 e. The standard InChI is InChI=1S/C29H42N8O5/c1-27(2,3)19-7-9-20(10-8-19)35-26(39)31-11-6-12-36(13-14-38)15-21-23-29(16-40-21,42-28(4,5)41-23)37-18-34-22-24(30)32-17-33-25(22)37/h7-10,17-18,21,23,38H,6,11-16H2,1-5H3,(H2,30,32,33)(H2,31,35,39). The van der Waals surface area contributed by atoms with Gasteiger partial charge < -0.3 is 35.7 Å². The quantitative estimate of drug-likeness (QED) is 0.261. The molecule has 0 bridgehead atoms. The Kier molecular flexibility index (Phi) is 8.41. The maximum absolute atomic E-state index is 12.4. The number of aromatic nitrogens is 4. The van der Waals surface area contributed by atoms with Crippen LogP contribution < -0.4 is 16.4 Å². The van der Waals surface area contributed by atoms with Gasteiger partial charge in [0.05, 0.1) is 19.5 Å². The molecule has 3 aromatic rings. The first kappa shape index (κ1) is 30.1. The first-order valence-corrected chi connectivity index (χ1v) is 14.3. The van der Waals surface area contributed by atoms with Gasteiger partial charge in [-0.05, 0) is 43.4 Å². The van der Waals surface area contributed by atoms with Gasteiger partial charge in [-0.2, -0.15) is 0 Å². The molecule has 4 heterocycles. The van der Waals surface area contributed by atoms with Gasteiger partial charge in [-0.15, -0.1) is 0 Å². The number of nitrogens with zero attached hydrogens (tertiary/aromatic N) is 5. The molecule has 1 aromatic carbocycles. The summed E-state index contributed by atoms with van der Waals surface area (Å²) >= 11 is 0. The Hall–Kier alpha value is -3.36. The van der Waals surface area contributed by atoms with Crippen LogP contribution in [0.1, 0.15) is 46.6 Å². The molecule has 2 aromatic heterocycles. The van der Waals surface area contributed by atoms with Crippen molar-refractivity contribution in [2.24, 2.45) is 0 Å². The molecule has 42 heavy (non-hydrogen) atoms. The summed E-state index contributed by atoms with van der Waals surface area (Å²) in [4.78, 5) is 27.4. The summed E-state index contributed by atoms with van der Waals surface area (Å²) in [5, 5.41) is 15.5. The third kappa shape index (κ3) is 6.20. The lowest BCUT2D eigenvalue weighted by molar-refractivity contribution is -0.205. The predicted octanol–water partition coefficient (Wildman–Crippen LogP) is 2.42. The van der Waals surface area contributed by atoms with Gasteiger partial charge in [0.25, 0.3) is 0 Å². The van der Waals surface area contributed by atoms with Crippen molar-refractivity contribution < 1.29 is 24.1 Å². The average Bonchev–Trinajstić information content (AvgIpc) is 3.57. The van der Waals surface area contributed by atoms with E-state index in [-0.39, 0.29) is 36.6 Å². The fraction of sp³-hybridized carbons (Fsp3) is 0.586. The third-order valence-electron chi connectivity index (χ3n) is 7.69. The van der Waals surface area contributed by atoms with Crippen molar-refractivity contribution >= 4 is 28.7 Å². The number of ether oxygens (including phenoxy) is 3. The Balaban J connectivity index is 1.18. The predicted molar refractivity (Wildman–Crippen MR) is 158 cm³/mol. The summed E-state index contributed by atoms with van der Waals surface area (Å²) in [6.07, 6.45) is 2.92. The molecule has 0 aliphatic carbocycles. The molecule has 2 fully saturated rings. The second-order valence-electron chi connectivity index (χ2n) is 12.4. The molecule has 228 valence electrons. The normalized spacial score (nSPS) is 23.4. The minimum Gasteiger partial charge on any atom is -0.395 e. The van der Waals surface area contributed by atoms with E-state index in [0.29, 0.717) is 43.8 Å². The zero-order valence-corrected chi connectivity index (χ0v) is 25.0. The maximum atomic E-state index is 12.4. The van der Waals surface area contributed by atoms with Crippen molar-refractivity contribution in [1.29, 1.82) is 0 Å². The Bertz CT molecular complexity index is 1390. The molecule has 0 saturated carbocycles. The number of urea groups is 1. The van der Waals surface area contributed by atoms with E-state index in [1.54, 1.807) is 6.33 Å². The number of hydrogen-bond donors (Lipinski definition) is 4. The van der Waals surface area contributed by atoms with Crippen molar-refractivity contribution in [2.75, 3.05) is 50.4 Å². The van der Waals surface area contributed by atoms with Gasteiger partial charge in [0.15, 0.2) is 17.3 Å². The molecule has 5 rings (SSSR count). The molecule has 13 heteroatoms. The van der Waals surface area contributed by atoms with E-state index in [2.05, 4.69) is 51.3 Å². The zero-order chi connectivity index (χ0) is 30.1. The number of fused-ring (bicyclic) bond motifs is 2. The van der Waals surface area contributed by atoms with Crippen LogP contribution in [0.2, 0.25) is 0 Å². The highest BCUT2D eigenvalue weighted by Crippen LogP contribution is 2.47. The van der Waals surface area contributed by atoms with Gasteiger partial charge in [-0.25, -0.2) is 19.7 Å². The second-order valence-corrected chi connectivity index (χ2v) is 12.4. The van der Waals surface area contributed by atoms with E-state index >= 15 is 0 Å². The van der Waals surface area contributed by atoms with Crippen LogP contribution >= 0.6 is 0 Å². The van der Waals surface area contributed by atoms with Crippen LogP contribution in [0.15, 0.2) is 36.9 Å². The molecule has 2 aliphatic heterocycles. The Labute approximate surface area is 245 Å². The number of carbonyl (C=O) groups is 1. The van der Waals surface area contributed by atoms with Gasteiger partial charge in [0, 0.05) is 31.9 Å². The minimum atomic E-state index is -0.987. The van der Waals surface area contributed by atoms with E-state index in [9.17, 15) is 9.90 Å². The number of nitrogens with two attached hydrogens (primary N) is 1. The molecular formula is C29H42N8O5. The summed E-state index contributed by atoms with van der Waals surface area (Å²) in [7, 11) is 0. The van der Waals surface area contributed by atoms with E-state index in [1.807, 2.05) is 42.7 Å².